The SMILES string of the molecule is CNC(C=O)CCCCNC(=O)OCCN/C1=C(\N)c2ccccc2CN(C(=O)CCC(=O)NCC(C)(C)OCC(C)(C)OC)c2ccccc21. The zero-order valence-electron chi connectivity index (χ0n) is 30.9. The van der Waals surface area contributed by atoms with Crippen LogP contribution < -0.4 is 31.9 Å². The van der Waals surface area contributed by atoms with Gasteiger partial charge >= 0.3 is 6.09 Å². The lowest BCUT2D eigenvalue weighted by molar-refractivity contribution is -0.128. The summed E-state index contributed by atoms with van der Waals surface area (Å²) >= 11 is 0. The number of amides is 3. The number of carbonyl (C=O) groups excluding carboxylic acids is 4. The molecule has 2 aromatic rings. The Kier molecular flexibility index (Phi) is 15.9. The number of nitrogens with zero attached hydrogens (tertiary/aromatic N) is 1. The van der Waals surface area contributed by atoms with E-state index in [4.69, 9.17) is 19.9 Å². The van der Waals surface area contributed by atoms with Gasteiger partial charge in [-0.15, -0.1) is 0 Å². The first-order valence-electron chi connectivity index (χ1n) is 17.5. The number of benzene rings is 2. The molecule has 6 N–H and O–H groups in total. The molecule has 1 heterocycles. The fourth-order valence-electron chi connectivity index (χ4n) is 5.35. The molecule has 280 valence electrons. The molecule has 3 amide bonds. The Morgan fingerprint density at radius 1 is 0.941 bits per heavy atom. The van der Waals surface area contributed by atoms with Crippen LogP contribution in [-0.2, 0) is 35.1 Å². The summed E-state index contributed by atoms with van der Waals surface area (Å²) in [7, 11) is 3.37. The lowest BCUT2D eigenvalue weighted by Crippen LogP contribution is -2.44. The maximum absolute atomic E-state index is 13.9. The summed E-state index contributed by atoms with van der Waals surface area (Å²) in [6, 6.07) is 14.9. The van der Waals surface area contributed by atoms with Crippen LogP contribution in [0, 0.1) is 0 Å². The minimum absolute atomic E-state index is 0.00159. The van der Waals surface area contributed by atoms with Crippen LogP contribution in [0.25, 0.3) is 11.4 Å². The van der Waals surface area contributed by atoms with Crippen LogP contribution in [0.1, 0.15) is 76.5 Å². The van der Waals surface area contributed by atoms with Gasteiger partial charge in [-0.05, 0) is 65.6 Å². The van der Waals surface area contributed by atoms with E-state index in [1.807, 2.05) is 76.2 Å². The van der Waals surface area contributed by atoms with E-state index in [0.29, 0.717) is 42.2 Å². The molecule has 0 saturated carbocycles. The number of hydrogen-bond donors (Lipinski definition) is 5. The third-order valence-corrected chi connectivity index (χ3v) is 8.69. The number of para-hydroxylation sites is 1. The smallest absolute Gasteiger partial charge is 0.407 e. The lowest BCUT2D eigenvalue weighted by atomic mass is 9.96. The van der Waals surface area contributed by atoms with E-state index in [-0.39, 0.29) is 56.9 Å². The molecule has 1 atom stereocenters. The topological polar surface area (TPSA) is 173 Å². The number of hydrogen-bond acceptors (Lipinski definition) is 10. The van der Waals surface area contributed by atoms with Crippen LogP contribution in [0.2, 0.25) is 0 Å². The molecule has 1 aliphatic heterocycles. The molecule has 0 radical (unpaired) electrons. The van der Waals surface area contributed by atoms with E-state index in [1.54, 1.807) is 19.1 Å². The van der Waals surface area contributed by atoms with Crippen LogP contribution in [0.4, 0.5) is 10.5 Å². The number of fused-ring (bicyclic) bond motifs is 2. The van der Waals surface area contributed by atoms with E-state index in [0.717, 1.165) is 30.3 Å². The minimum atomic E-state index is -0.625. The molecule has 1 unspecified atom stereocenters. The van der Waals surface area contributed by atoms with Crippen molar-refractivity contribution in [2.45, 2.75) is 83.6 Å². The van der Waals surface area contributed by atoms with Crippen LogP contribution >= 0.6 is 0 Å². The highest BCUT2D eigenvalue weighted by Gasteiger charge is 2.28. The van der Waals surface area contributed by atoms with Crippen molar-refractivity contribution in [2.75, 3.05) is 51.9 Å². The van der Waals surface area contributed by atoms with Crippen LogP contribution in [0.5, 0.6) is 0 Å². The summed E-state index contributed by atoms with van der Waals surface area (Å²) in [5.41, 5.74) is 9.80. The predicted octanol–water partition coefficient (Wildman–Crippen LogP) is 3.71. The Balaban J connectivity index is 1.65. The van der Waals surface area contributed by atoms with Gasteiger partial charge in [-0.1, -0.05) is 42.5 Å². The van der Waals surface area contributed by atoms with E-state index in [2.05, 4.69) is 21.3 Å². The summed E-state index contributed by atoms with van der Waals surface area (Å²) in [5, 5.41) is 11.9. The van der Waals surface area contributed by atoms with Crippen molar-refractivity contribution in [3.05, 3.63) is 65.2 Å². The lowest BCUT2D eigenvalue weighted by Gasteiger charge is -2.31. The average Bonchev–Trinajstić information content (AvgIpc) is 3.12. The van der Waals surface area contributed by atoms with Crippen LogP contribution in [0.15, 0.2) is 48.5 Å². The molecular weight excluding hydrogens is 652 g/mol. The van der Waals surface area contributed by atoms with Crippen LogP contribution in [0.3, 0.4) is 0 Å². The second-order valence-electron chi connectivity index (χ2n) is 13.7. The average molecular weight is 709 g/mol. The number of methoxy groups -OCH3 is 1. The molecular formula is C38H56N6O7. The van der Waals surface area contributed by atoms with Crippen molar-refractivity contribution in [1.29, 1.82) is 0 Å². The van der Waals surface area contributed by atoms with Gasteiger partial charge in [-0.3, -0.25) is 9.59 Å². The third-order valence-electron chi connectivity index (χ3n) is 8.69. The number of unbranched alkanes of at least 4 members (excludes halogenated alkanes) is 1. The van der Waals surface area contributed by atoms with Gasteiger partial charge in [0.05, 0.1) is 47.5 Å². The first kappa shape index (κ1) is 41.0. The van der Waals surface area contributed by atoms with Crippen molar-refractivity contribution in [2.24, 2.45) is 5.73 Å². The van der Waals surface area contributed by atoms with Gasteiger partial charge in [0, 0.05) is 50.7 Å². The molecule has 51 heavy (non-hydrogen) atoms. The highest BCUT2D eigenvalue weighted by atomic mass is 16.6. The number of nitrogens with two attached hydrogens (primary N) is 1. The second kappa shape index (κ2) is 19.8. The first-order valence-corrected chi connectivity index (χ1v) is 17.5. The quantitative estimate of drug-likeness (QED) is 0.101. The maximum Gasteiger partial charge on any atom is 0.407 e. The molecule has 0 spiro atoms. The Morgan fingerprint density at radius 2 is 1.65 bits per heavy atom. The Labute approximate surface area is 302 Å². The molecule has 1 aliphatic rings. The van der Waals surface area contributed by atoms with Crippen LogP contribution in [-0.4, -0.2) is 88.4 Å². The maximum atomic E-state index is 13.9. The molecule has 0 fully saturated rings. The molecule has 13 nitrogen and oxygen atoms in total. The molecule has 13 heteroatoms. The van der Waals surface area contributed by atoms with Crippen molar-refractivity contribution < 1.29 is 33.4 Å². The van der Waals surface area contributed by atoms with E-state index in [1.165, 1.54) is 0 Å². The molecule has 0 aliphatic carbocycles. The molecule has 0 aromatic heterocycles. The highest BCUT2D eigenvalue weighted by molar-refractivity contribution is 6.02. The van der Waals surface area contributed by atoms with Crippen molar-refractivity contribution >= 4 is 41.3 Å². The minimum Gasteiger partial charge on any atom is -0.448 e. The van der Waals surface area contributed by atoms with Gasteiger partial charge < -0.3 is 50.9 Å². The number of rotatable bonds is 20. The van der Waals surface area contributed by atoms with Crippen molar-refractivity contribution in [3.63, 3.8) is 0 Å². The standard InChI is InChI=1S/C38H56N6O7/c1-37(2,51-26-38(3,4)49-6)25-43-32(46)18-19-33(47)44-23-27-13-7-8-15-29(27)34(39)35(30-16-9-10-17-31(30)44)41-21-22-50-36(48)42-20-12-11-14-28(24-45)40-5/h7-10,13,15-17,24,28,40-41H,11-12,14,18-23,25-26,39H2,1-6H3,(H,42,48)(H,43,46)/b35-34-. The second-order valence-corrected chi connectivity index (χ2v) is 13.7. The fourth-order valence-corrected chi connectivity index (χ4v) is 5.35. The number of likely N-dealkylation sites (N-methyl/N-ethyl adjacent to an activating group) is 1. The van der Waals surface area contributed by atoms with Crippen molar-refractivity contribution in [1.82, 2.24) is 21.3 Å². The molecule has 0 saturated heterocycles. The zero-order valence-corrected chi connectivity index (χ0v) is 30.9. The summed E-state index contributed by atoms with van der Waals surface area (Å²) in [6.07, 6.45) is 2.56. The van der Waals surface area contributed by atoms with Gasteiger partial charge in [0.15, 0.2) is 0 Å². The summed E-state index contributed by atoms with van der Waals surface area (Å²) < 4.78 is 16.8. The number of anilines is 1. The van der Waals surface area contributed by atoms with Gasteiger partial charge in [0.2, 0.25) is 11.8 Å². The number of alkyl carbamates (subject to hydrolysis) is 1. The number of ether oxygens (including phenoxy) is 3. The normalized spacial score (nSPS) is 15.1. The molecule has 0 bridgehead atoms. The predicted molar refractivity (Wildman–Crippen MR) is 199 cm³/mol. The van der Waals surface area contributed by atoms with Gasteiger partial charge in [-0.25, -0.2) is 4.79 Å². The largest absolute Gasteiger partial charge is 0.448 e. The van der Waals surface area contributed by atoms with E-state index in [9.17, 15) is 19.2 Å². The first-order chi connectivity index (χ1) is 24.3. The number of nitrogens with one attached hydrogen (secondary N) is 4. The van der Waals surface area contributed by atoms with Gasteiger partial charge in [0.1, 0.15) is 12.9 Å². The summed E-state index contributed by atoms with van der Waals surface area (Å²) in [5.74, 6) is -0.458. The number of carbonyl (C=O) groups is 4. The fraction of sp³-hybridized carbons (Fsp3) is 0.526. The van der Waals surface area contributed by atoms with E-state index >= 15 is 0 Å². The molecule has 2 aromatic carbocycles. The third kappa shape index (κ3) is 13.0. The Hall–Kier alpha value is -4.46. The molecule has 3 rings (SSSR count). The zero-order chi connectivity index (χ0) is 37.4. The summed E-state index contributed by atoms with van der Waals surface area (Å²) in [6.45, 7) is 9.33. The van der Waals surface area contributed by atoms with Gasteiger partial charge in [0.25, 0.3) is 0 Å². The Morgan fingerprint density at radius 3 is 2.35 bits per heavy atom. The van der Waals surface area contributed by atoms with E-state index < -0.39 is 17.3 Å². The Bertz CT molecular complexity index is 1510. The summed E-state index contributed by atoms with van der Waals surface area (Å²) in [4.78, 5) is 51.6. The number of aldehydes is 1. The van der Waals surface area contributed by atoms with Crippen molar-refractivity contribution in [3.8, 4) is 0 Å². The monoisotopic (exact) mass is 708 g/mol. The van der Waals surface area contributed by atoms with Gasteiger partial charge in [-0.2, -0.15) is 0 Å². The highest BCUT2D eigenvalue weighted by Crippen LogP contribution is 2.35.